The standard InChI is InChI=1S/C15H16N2O/c1-10-8-12(9-17-15(10)18)13-6-2-4-11-5-3-7-16-14(11)13/h3,5,7-9,13H,2,4,6H2,1H3,(H,17,18). The Morgan fingerprint density at radius 3 is 3.17 bits per heavy atom. The summed E-state index contributed by atoms with van der Waals surface area (Å²) in [6.07, 6.45) is 7.10. The highest BCUT2D eigenvalue weighted by Gasteiger charge is 2.23. The number of rotatable bonds is 1. The summed E-state index contributed by atoms with van der Waals surface area (Å²) in [5, 5.41) is 0. The molecule has 1 N–H and O–H groups in total. The van der Waals surface area contributed by atoms with Gasteiger partial charge in [0.25, 0.3) is 5.56 Å². The summed E-state index contributed by atoms with van der Waals surface area (Å²) in [6.45, 7) is 1.85. The van der Waals surface area contributed by atoms with Crippen molar-refractivity contribution in [1.29, 1.82) is 0 Å². The molecular weight excluding hydrogens is 224 g/mol. The van der Waals surface area contributed by atoms with Gasteiger partial charge >= 0.3 is 0 Å². The lowest BCUT2D eigenvalue weighted by Gasteiger charge is -2.24. The Bertz CT molecular complexity index is 630. The van der Waals surface area contributed by atoms with Crippen LogP contribution in [0.1, 0.15) is 41.1 Å². The van der Waals surface area contributed by atoms with Gasteiger partial charge in [-0.1, -0.05) is 6.07 Å². The summed E-state index contributed by atoms with van der Waals surface area (Å²) in [4.78, 5) is 18.8. The molecule has 92 valence electrons. The van der Waals surface area contributed by atoms with E-state index < -0.39 is 0 Å². The third-order valence-corrected chi connectivity index (χ3v) is 3.71. The van der Waals surface area contributed by atoms with Gasteiger partial charge in [0, 0.05) is 23.9 Å². The first-order chi connectivity index (χ1) is 8.75. The van der Waals surface area contributed by atoms with Crippen LogP contribution in [0.4, 0.5) is 0 Å². The van der Waals surface area contributed by atoms with Gasteiger partial charge < -0.3 is 4.98 Å². The Morgan fingerprint density at radius 2 is 2.33 bits per heavy atom. The number of H-pyrrole nitrogens is 1. The molecule has 3 nitrogen and oxygen atoms in total. The summed E-state index contributed by atoms with van der Waals surface area (Å²) < 4.78 is 0. The molecule has 0 saturated carbocycles. The summed E-state index contributed by atoms with van der Waals surface area (Å²) in [6, 6.07) is 6.15. The van der Waals surface area contributed by atoms with Crippen LogP contribution in [0.15, 0.2) is 35.4 Å². The molecule has 3 rings (SSSR count). The first kappa shape index (κ1) is 11.2. The van der Waals surface area contributed by atoms with Crippen LogP contribution in [0, 0.1) is 6.92 Å². The number of fused-ring (bicyclic) bond motifs is 1. The number of nitrogens with one attached hydrogen (secondary N) is 1. The lowest BCUT2D eigenvalue weighted by molar-refractivity contribution is 0.596. The van der Waals surface area contributed by atoms with E-state index in [2.05, 4.69) is 16.0 Å². The predicted octanol–water partition coefficient (Wildman–Crippen LogP) is 2.55. The van der Waals surface area contributed by atoms with Gasteiger partial charge in [0.05, 0.1) is 5.69 Å². The Kier molecular flexibility index (Phi) is 2.74. The molecule has 0 spiro atoms. The molecule has 0 radical (unpaired) electrons. The zero-order valence-corrected chi connectivity index (χ0v) is 10.4. The van der Waals surface area contributed by atoms with Gasteiger partial charge in [-0.2, -0.15) is 0 Å². The predicted molar refractivity (Wildman–Crippen MR) is 70.8 cm³/mol. The van der Waals surface area contributed by atoms with Crippen LogP contribution >= 0.6 is 0 Å². The van der Waals surface area contributed by atoms with Crippen LogP contribution < -0.4 is 5.56 Å². The molecule has 2 aromatic heterocycles. The fraction of sp³-hybridized carbons (Fsp3) is 0.333. The highest BCUT2D eigenvalue weighted by molar-refractivity contribution is 5.35. The third-order valence-electron chi connectivity index (χ3n) is 3.71. The van der Waals surface area contributed by atoms with Crippen molar-refractivity contribution in [2.75, 3.05) is 0 Å². The quantitative estimate of drug-likeness (QED) is 0.832. The van der Waals surface area contributed by atoms with Crippen LogP contribution in [0.2, 0.25) is 0 Å². The van der Waals surface area contributed by atoms with Gasteiger partial charge in [-0.3, -0.25) is 9.78 Å². The molecule has 2 heterocycles. The number of pyridine rings is 2. The zero-order chi connectivity index (χ0) is 12.5. The lowest BCUT2D eigenvalue weighted by atomic mass is 9.82. The van der Waals surface area contributed by atoms with E-state index in [9.17, 15) is 4.79 Å². The monoisotopic (exact) mass is 240 g/mol. The number of hydrogen-bond donors (Lipinski definition) is 1. The first-order valence-electron chi connectivity index (χ1n) is 6.39. The van der Waals surface area contributed by atoms with E-state index in [1.165, 1.54) is 23.2 Å². The van der Waals surface area contributed by atoms with Crippen molar-refractivity contribution in [2.24, 2.45) is 0 Å². The van der Waals surface area contributed by atoms with Crippen molar-refractivity contribution >= 4 is 0 Å². The highest BCUT2D eigenvalue weighted by Crippen LogP contribution is 2.34. The molecule has 0 aliphatic heterocycles. The Labute approximate surface area is 106 Å². The summed E-state index contributed by atoms with van der Waals surface area (Å²) in [5.74, 6) is 0.325. The second kappa shape index (κ2) is 4.41. The van der Waals surface area contributed by atoms with Gasteiger partial charge in [-0.25, -0.2) is 0 Å². The first-order valence-corrected chi connectivity index (χ1v) is 6.39. The molecule has 0 saturated heterocycles. The van der Waals surface area contributed by atoms with E-state index >= 15 is 0 Å². The molecule has 3 heteroatoms. The van der Waals surface area contributed by atoms with E-state index in [4.69, 9.17) is 0 Å². The maximum Gasteiger partial charge on any atom is 0.250 e. The van der Waals surface area contributed by atoms with Gasteiger partial charge in [-0.05, 0) is 49.4 Å². The average molecular weight is 240 g/mol. The number of nitrogens with zero attached hydrogens (tertiary/aromatic N) is 1. The minimum absolute atomic E-state index is 0.00389. The molecule has 2 aromatic rings. The minimum atomic E-state index is -0.00389. The molecule has 1 aliphatic carbocycles. The molecule has 0 aromatic carbocycles. The Hall–Kier alpha value is -1.90. The molecular formula is C15H16N2O. The zero-order valence-electron chi connectivity index (χ0n) is 10.4. The highest BCUT2D eigenvalue weighted by atomic mass is 16.1. The van der Waals surface area contributed by atoms with Crippen LogP contribution in [0.3, 0.4) is 0 Å². The SMILES string of the molecule is Cc1cc(C2CCCc3cccnc32)c[nH]c1=O. The van der Waals surface area contributed by atoms with Crippen LogP contribution in [0.25, 0.3) is 0 Å². The molecule has 1 aliphatic rings. The van der Waals surface area contributed by atoms with Gasteiger partial charge in [-0.15, -0.1) is 0 Å². The van der Waals surface area contributed by atoms with Crippen molar-refractivity contribution in [2.45, 2.75) is 32.1 Å². The van der Waals surface area contributed by atoms with Crippen LogP contribution in [-0.2, 0) is 6.42 Å². The summed E-state index contributed by atoms with van der Waals surface area (Å²) >= 11 is 0. The topological polar surface area (TPSA) is 45.8 Å². The molecule has 0 fully saturated rings. The van der Waals surface area contributed by atoms with Gasteiger partial charge in [0.1, 0.15) is 0 Å². The van der Waals surface area contributed by atoms with E-state index in [1.807, 2.05) is 31.5 Å². The van der Waals surface area contributed by atoms with Crippen molar-refractivity contribution in [3.63, 3.8) is 0 Å². The fourth-order valence-electron chi connectivity index (χ4n) is 2.75. The maximum atomic E-state index is 11.4. The summed E-state index contributed by atoms with van der Waals surface area (Å²) in [5.41, 5.74) is 4.46. The fourth-order valence-corrected chi connectivity index (χ4v) is 2.75. The second-order valence-corrected chi connectivity index (χ2v) is 4.94. The average Bonchev–Trinajstić information content (AvgIpc) is 2.41. The second-order valence-electron chi connectivity index (χ2n) is 4.94. The molecule has 18 heavy (non-hydrogen) atoms. The number of aromatic nitrogens is 2. The smallest absolute Gasteiger partial charge is 0.250 e. The Morgan fingerprint density at radius 1 is 1.44 bits per heavy atom. The molecule has 0 bridgehead atoms. The molecule has 1 unspecified atom stereocenters. The lowest BCUT2D eigenvalue weighted by Crippen LogP contribution is -2.16. The minimum Gasteiger partial charge on any atom is -0.329 e. The number of aromatic amines is 1. The molecule has 0 amide bonds. The maximum absolute atomic E-state index is 11.4. The van der Waals surface area contributed by atoms with E-state index in [0.29, 0.717) is 5.92 Å². The van der Waals surface area contributed by atoms with Crippen LogP contribution in [-0.4, -0.2) is 9.97 Å². The number of hydrogen-bond acceptors (Lipinski definition) is 2. The van der Waals surface area contributed by atoms with Crippen LogP contribution in [0.5, 0.6) is 0 Å². The van der Waals surface area contributed by atoms with Crippen molar-refractivity contribution in [3.8, 4) is 0 Å². The summed E-state index contributed by atoms with van der Waals surface area (Å²) in [7, 11) is 0. The Balaban J connectivity index is 2.08. The van der Waals surface area contributed by atoms with E-state index in [-0.39, 0.29) is 5.56 Å². The van der Waals surface area contributed by atoms with E-state index in [0.717, 1.165) is 18.4 Å². The van der Waals surface area contributed by atoms with E-state index in [1.54, 1.807) is 0 Å². The van der Waals surface area contributed by atoms with Crippen molar-refractivity contribution < 1.29 is 0 Å². The number of aryl methyl sites for hydroxylation is 2. The van der Waals surface area contributed by atoms with Gasteiger partial charge in [0.15, 0.2) is 0 Å². The van der Waals surface area contributed by atoms with Crippen molar-refractivity contribution in [1.82, 2.24) is 9.97 Å². The third kappa shape index (κ3) is 1.86. The van der Waals surface area contributed by atoms with Gasteiger partial charge in [0.2, 0.25) is 0 Å². The van der Waals surface area contributed by atoms with Crippen molar-refractivity contribution in [3.05, 3.63) is 63.3 Å². The normalized spacial score (nSPS) is 18.4. The largest absolute Gasteiger partial charge is 0.329 e. The molecule has 1 atom stereocenters.